The Morgan fingerprint density at radius 2 is 1.67 bits per heavy atom. The van der Waals surface area contributed by atoms with Crippen LogP contribution in [0.2, 0.25) is 0 Å². The minimum atomic E-state index is -0.114. The van der Waals surface area contributed by atoms with Crippen LogP contribution in [0.15, 0.2) is 60.7 Å². The highest BCUT2D eigenvalue weighted by Crippen LogP contribution is 2.23. The molecule has 2 fully saturated rings. The molecule has 0 spiro atoms. The number of urea groups is 1. The number of rotatable bonds is 8. The normalized spacial score (nSPS) is 17.2. The predicted octanol–water partition coefficient (Wildman–Crippen LogP) is 3.18. The van der Waals surface area contributed by atoms with E-state index < -0.39 is 0 Å². The third-order valence-electron chi connectivity index (χ3n) is 6.08. The average Bonchev–Trinajstić information content (AvgIpc) is 3.21. The van der Waals surface area contributed by atoms with E-state index in [1.165, 1.54) is 5.56 Å². The smallest absolute Gasteiger partial charge is 0.325 e. The molecule has 4 rings (SSSR count). The lowest BCUT2D eigenvalue weighted by molar-refractivity contribution is -0.133. The number of benzene rings is 2. The Labute approximate surface area is 195 Å². The zero-order valence-electron chi connectivity index (χ0n) is 19.2. The van der Waals surface area contributed by atoms with Crippen LogP contribution in [0.5, 0.6) is 5.75 Å². The minimum absolute atomic E-state index is 0.0244. The van der Waals surface area contributed by atoms with E-state index in [9.17, 15) is 9.59 Å². The molecule has 2 saturated heterocycles. The Balaban J connectivity index is 1.22. The Morgan fingerprint density at radius 3 is 2.36 bits per heavy atom. The number of amides is 3. The molecule has 174 valence electrons. The van der Waals surface area contributed by atoms with Gasteiger partial charge >= 0.3 is 6.03 Å². The van der Waals surface area contributed by atoms with Gasteiger partial charge in [-0.15, -0.1) is 0 Å². The van der Waals surface area contributed by atoms with Crippen molar-refractivity contribution in [1.82, 2.24) is 14.7 Å². The summed E-state index contributed by atoms with van der Waals surface area (Å²) in [7, 11) is 0. The van der Waals surface area contributed by atoms with Gasteiger partial charge in [-0.05, 0) is 36.8 Å². The molecule has 7 nitrogen and oxygen atoms in total. The number of ether oxygens (including phenoxy) is 1. The maximum Gasteiger partial charge on any atom is 0.325 e. The number of anilines is 1. The van der Waals surface area contributed by atoms with Crippen LogP contribution in [-0.4, -0.2) is 85.6 Å². The number of hydrogen-bond acceptors (Lipinski definition) is 4. The number of carbonyl (C=O) groups is 2. The van der Waals surface area contributed by atoms with Crippen LogP contribution < -0.4 is 9.64 Å². The van der Waals surface area contributed by atoms with E-state index in [0.717, 1.165) is 31.1 Å². The molecular weight excluding hydrogens is 416 g/mol. The van der Waals surface area contributed by atoms with Gasteiger partial charge in [0.05, 0.1) is 6.61 Å². The molecule has 0 aromatic heterocycles. The third-order valence-corrected chi connectivity index (χ3v) is 6.08. The molecule has 2 aromatic rings. The second-order valence-corrected chi connectivity index (χ2v) is 8.28. The molecule has 33 heavy (non-hydrogen) atoms. The fourth-order valence-corrected chi connectivity index (χ4v) is 4.20. The van der Waals surface area contributed by atoms with Crippen molar-refractivity contribution in [2.45, 2.75) is 6.92 Å². The Hall–Kier alpha value is -3.32. The lowest BCUT2D eigenvalue weighted by Gasteiger charge is -2.35. The summed E-state index contributed by atoms with van der Waals surface area (Å²) in [4.78, 5) is 33.3. The van der Waals surface area contributed by atoms with Crippen molar-refractivity contribution in [3.05, 3.63) is 66.2 Å². The van der Waals surface area contributed by atoms with Gasteiger partial charge in [-0.1, -0.05) is 42.5 Å². The first-order valence-electron chi connectivity index (χ1n) is 11.6. The van der Waals surface area contributed by atoms with Gasteiger partial charge in [-0.25, -0.2) is 4.79 Å². The van der Waals surface area contributed by atoms with Crippen LogP contribution in [-0.2, 0) is 4.79 Å². The van der Waals surface area contributed by atoms with Crippen molar-refractivity contribution in [2.24, 2.45) is 0 Å². The highest BCUT2D eigenvalue weighted by Gasteiger charge is 2.32. The number of nitrogens with zero attached hydrogens (tertiary/aromatic N) is 4. The molecular formula is C26H32N4O3. The summed E-state index contributed by atoms with van der Waals surface area (Å²) in [5, 5.41) is 0. The Kier molecular flexibility index (Phi) is 7.62. The molecule has 3 amide bonds. The molecule has 0 saturated carbocycles. The van der Waals surface area contributed by atoms with Gasteiger partial charge in [0.2, 0.25) is 5.91 Å². The van der Waals surface area contributed by atoms with Crippen molar-refractivity contribution >= 4 is 23.7 Å². The molecule has 0 radical (unpaired) electrons. The zero-order chi connectivity index (χ0) is 23.0. The highest BCUT2D eigenvalue weighted by atomic mass is 16.5. The van der Waals surface area contributed by atoms with Crippen LogP contribution in [0.4, 0.5) is 10.5 Å². The fourth-order valence-electron chi connectivity index (χ4n) is 4.20. The first-order valence-corrected chi connectivity index (χ1v) is 11.6. The Bertz CT molecular complexity index is 953. The van der Waals surface area contributed by atoms with Gasteiger partial charge in [0.1, 0.15) is 12.3 Å². The van der Waals surface area contributed by atoms with E-state index in [0.29, 0.717) is 32.8 Å². The first kappa shape index (κ1) is 22.9. The third kappa shape index (κ3) is 5.93. The molecule has 2 aliphatic rings. The quantitative estimate of drug-likeness (QED) is 0.623. The minimum Gasteiger partial charge on any atom is -0.494 e. The summed E-state index contributed by atoms with van der Waals surface area (Å²) in [5.74, 6) is 0.811. The summed E-state index contributed by atoms with van der Waals surface area (Å²) in [6.07, 6.45) is 4.30. The monoisotopic (exact) mass is 448 g/mol. The van der Waals surface area contributed by atoms with E-state index in [4.69, 9.17) is 4.74 Å². The van der Waals surface area contributed by atoms with Crippen LogP contribution in [0.1, 0.15) is 12.5 Å². The second kappa shape index (κ2) is 11.0. The van der Waals surface area contributed by atoms with Crippen LogP contribution >= 0.6 is 0 Å². The molecule has 2 aliphatic heterocycles. The topological polar surface area (TPSA) is 56.3 Å². The number of piperazine rings is 1. The molecule has 0 N–H and O–H groups in total. The van der Waals surface area contributed by atoms with Gasteiger partial charge in [-0.2, -0.15) is 0 Å². The first-order chi connectivity index (χ1) is 16.1. The molecule has 2 heterocycles. The SMILES string of the molecule is CCOc1ccc(N2CCN(CC(=O)N3CCN(C/C=C/c4ccccc4)CC3)C2=O)cc1. The molecule has 0 bridgehead atoms. The second-order valence-electron chi connectivity index (χ2n) is 8.28. The molecule has 0 aliphatic carbocycles. The van der Waals surface area contributed by atoms with Gasteiger partial charge in [0, 0.05) is 51.5 Å². The summed E-state index contributed by atoms with van der Waals surface area (Å²) in [6, 6.07) is 17.7. The maximum absolute atomic E-state index is 12.9. The summed E-state index contributed by atoms with van der Waals surface area (Å²) >= 11 is 0. The van der Waals surface area contributed by atoms with Gasteiger partial charge in [-0.3, -0.25) is 14.6 Å². The molecule has 7 heteroatoms. The van der Waals surface area contributed by atoms with Crippen molar-refractivity contribution in [2.75, 3.05) is 63.9 Å². The molecule has 0 unspecified atom stereocenters. The average molecular weight is 449 g/mol. The van der Waals surface area contributed by atoms with Crippen LogP contribution in [0, 0.1) is 0 Å². The van der Waals surface area contributed by atoms with Crippen molar-refractivity contribution in [3.63, 3.8) is 0 Å². The molecule has 2 aromatic carbocycles. The number of hydrogen-bond donors (Lipinski definition) is 0. The predicted molar refractivity (Wildman–Crippen MR) is 130 cm³/mol. The number of carbonyl (C=O) groups excluding carboxylic acids is 2. The van der Waals surface area contributed by atoms with Gasteiger partial charge in [0.25, 0.3) is 0 Å². The standard InChI is InChI=1S/C26H32N4O3/c1-2-33-24-12-10-23(11-13-24)30-20-19-29(26(30)32)21-25(31)28-17-15-27(16-18-28)14-6-9-22-7-4-3-5-8-22/h3-13H,2,14-21H2,1H3/b9-6+. The zero-order valence-corrected chi connectivity index (χ0v) is 19.2. The van der Waals surface area contributed by atoms with Gasteiger partial charge in [0.15, 0.2) is 0 Å². The summed E-state index contributed by atoms with van der Waals surface area (Å²) in [5.41, 5.74) is 2.02. The Morgan fingerprint density at radius 1 is 0.939 bits per heavy atom. The van der Waals surface area contributed by atoms with Gasteiger partial charge < -0.3 is 14.5 Å². The highest BCUT2D eigenvalue weighted by molar-refractivity contribution is 5.96. The largest absolute Gasteiger partial charge is 0.494 e. The maximum atomic E-state index is 12.9. The summed E-state index contributed by atoms with van der Waals surface area (Å²) < 4.78 is 5.47. The van der Waals surface area contributed by atoms with E-state index in [2.05, 4.69) is 29.2 Å². The van der Waals surface area contributed by atoms with Crippen LogP contribution in [0.25, 0.3) is 6.08 Å². The van der Waals surface area contributed by atoms with Crippen molar-refractivity contribution in [1.29, 1.82) is 0 Å². The van der Waals surface area contributed by atoms with E-state index >= 15 is 0 Å². The molecule has 0 atom stereocenters. The fraction of sp³-hybridized carbons (Fsp3) is 0.385. The van der Waals surface area contributed by atoms with Crippen molar-refractivity contribution in [3.8, 4) is 5.75 Å². The lowest BCUT2D eigenvalue weighted by atomic mass is 10.2. The van der Waals surface area contributed by atoms with Crippen LogP contribution in [0.3, 0.4) is 0 Å². The lowest BCUT2D eigenvalue weighted by Crippen LogP contribution is -2.51. The van der Waals surface area contributed by atoms with E-state index in [1.54, 1.807) is 9.80 Å². The summed E-state index contributed by atoms with van der Waals surface area (Å²) in [6.45, 7) is 7.79. The van der Waals surface area contributed by atoms with E-state index in [1.807, 2.05) is 54.3 Å². The van der Waals surface area contributed by atoms with Crippen molar-refractivity contribution < 1.29 is 14.3 Å². The van der Waals surface area contributed by atoms with E-state index in [-0.39, 0.29) is 18.5 Å².